The van der Waals surface area contributed by atoms with Gasteiger partial charge in [-0.05, 0) is 34.6 Å². The Morgan fingerprint density at radius 1 is 0.857 bits per heavy atom. The van der Waals surface area contributed by atoms with Gasteiger partial charge in [-0.1, -0.05) is 12.1 Å². The summed E-state index contributed by atoms with van der Waals surface area (Å²) in [6.45, 7) is 0. The van der Waals surface area contributed by atoms with E-state index in [1.54, 1.807) is 0 Å². The van der Waals surface area contributed by atoms with Crippen molar-refractivity contribution in [3.63, 3.8) is 0 Å². The highest BCUT2D eigenvalue weighted by Crippen LogP contribution is 2.05. The molecule has 4 nitrogen and oxygen atoms in total. The molecule has 0 aliphatic rings. The minimum absolute atomic E-state index is 0.803. The molecule has 14 heavy (non-hydrogen) atoms. The number of hydrogen-bond acceptors (Lipinski definition) is 3. The fraction of sp³-hybridized carbons (Fsp3) is 0. The average molecular weight is 187 g/mol. The maximum absolute atomic E-state index is 4.46. The molecular weight excluding hydrogens is 178 g/mol. The van der Waals surface area contributed by atoms with E-state index in [1.807, 2.05) is 48.8 Å². The molecule has 0 saturated heterocycles. The van der Waals surface area contributed by atoms with E-state index in [9.17, 15) is 0 Å². The lowest BCUT2D eigenvalue weighted by Crippen LogP contribution is -1.63. The van der Waals surface area contributed by atoms with Crippen LogP contribution in [0.2, 0.25) is 0 Å². The predicted octanol–water partition coefficient (Wildman–Crippen LogP) is 2.24. The monoisotopic (exact) mass is 187 g/mol. The summed E-state index contributed by atoms with van der Waals surface area (Å²) in [7, 11) is 0. The third-order valence-electron chi connectivity index (χ3n) is 1.66. The molecule has 70 valence electrons. The number of aromatic nitrogens is 3. The molecule has 0 fully saturated rings. The topological polar surface area (TPSA) is 54.7 Å². The Balaban J connectivity index is 0.000000128. The third-order valence-corrected chi connectivity index (χ3v) is 1.66. The summed E-state index contributed by atoms with van der Waals surface area (Å²) in [5.41, 5.74) is 1.61. The van der Waals surface area contributed by atoms with E-state index >= 15 is 0 Å². The van der Waals surface area contributed by atoms with Crippen LogP contribution in [0, 0.1) is 0 Å². The number of rotatable bonds is 0. The highest BCUT2D eigenvalue weighted by atomic mass is 16.6. The van der Waals surface area contributed by atoms with Crippen LogP contribution in [0.3, 0.4) is 0 Å². The summed E-state index contributed by atoms with van der Waals surface area (Å²) in [6, 6.07) is 11.4. The van der Waals surface area contributed by atoms with Crippen LogP contribution in [0.5, 0.6) is 0 Å². The number of benzene rings is 1. The smallest absolute Gasteiger partial charge is 0.135 e. The number of nitrogens with zero attached hydrogens (tertiary/aromatic N) is 2. The molecule has 2 heterocycles. The summed E-state index contributed by atoms with van der Waals surface area (Å²) < 4.78 is 4.46. The van der Waals surface area contributed by atoms with Gasteiger partial charge in [0.05, 0.1) is 0 Å². The van der Waals surface area contributed by atoms with E-state index in [0.717, 1.165) is 11.0 Å². The van der Waals surface area contributed by atoms with Gasteiger partial charge in [0.25, 0.3) is 0 Å². The van der Waals surface area contributed by atoms with Crippen molar-refractivity contribution in [1.29, 1.82) is 0 Å². The van der Waals surface area contributed by atoms with Crippen LogP contribution in [0.15, 0.2) is 53.4 Å². The quantitative estimate of drug-likeness (QED) is 0.587. The van der Waals surface area contributed by atoms with E-state index < -0.39 is 0 Å². The summed E-state index contributed by atoms with van der Waals surface area (Å²) in [5, 5.41) is 7.27. The zero-order chi connectivity index (χ0) is 9.64. The van der Waals surface area contributed by atoms with E-state index in [1.165, 1.54) is 0 Å². The summed E-state index contributed by atoms with van der Waals surface area (Å²) in [6.07, 6.45) is 3.75. The standard InChI is InChI=1S/C6H4N2O.C4H5N/c1-2-4-6-5(3-1)7-9-8-6;1-2-4-5-3-1/h1-4H;1-5H. The van der Waals surface area contributed by atoms with Gasteiger partial charge in [-0.15, -0.1) is 0 Å². The van der Waals surface area contributed by atoms with Crippen molar-refractivity contribution in [3.8, 4) is 0 Å². The van der Waals surface area contributed by atoms with Gasteiger partial charge in [0.1, 0.15) is 11.0 Å². The predicted molar refractivity (Wildman–Crippen MR) is 52.6 cm³/mol. The highest BCUT2D eigenvalue weighted by Gasteiger charge is 1.93. The second-order valence-corrected chi connectivity index (χ2v) is 2.64. The summed E-state index contributed by atoms with van der Waals surface area (Å²) in [5.74, 6) is 0. The summed E-state index contributed by atoms with van der Waals surface area (Å²) >= 11 is 0. The van der Waals surface area contributed by atoms with Crippen LogP contribution >= 0.6 is 0 Å². The minimum atomic E-state index is 0.803. The van der Waals surface area contributed by atoms with Crippen LogP contribution in [0.4, 0.5) is 0 Å². The minimum Gasteiger partial charge on any atom is -0.368 e. The van der Waals surface area contributed by atoms with Crippen molar-refractivity contribution in [1.82, 2.24) is 15.3 Å². The van der Waals surface area contributed by atoms with Crippen LogP contribution in [0.1, 0.15) is 0 Å². The molecule has 0 aliphatic heterocycles. The van der Waals surface area contributed by atoms with Crippen molar-refractivity contribution < 1.29 is 4.63 Å². The Hall–Kier alpha value is -2.10. The lowest BCUT2D eigenvalue weighted by atomic mass is 10.3. The molecule has 0 atom stereocenters. The second kappa shape index (κ2) is 4.23. The zero-order valence-electron chi connectivity index (χ0n) is 7.42. The van der Waals surface area contributed by atoms with Gasteiger partial charge in [0.2, 0.25) is 0 Å². The van der Waals surface area contributed by atoms with Gasteiger partial charge in [-0.3, -0.25) is 0 Å². The van der Waals surface area contributed by atoms with Gasteiger partial charge in [-0.2, -0.15) is 0 Å². The fourth-order valence-corrected chi connectivity index (χ4v) is 1.00. The third kappa shape index (κ3) is 1.98. The lowest BCUT2D eigenvalue weighted by Gasteiger charge is -1.76. The van der Waals surface area contributed by atoms with Crippen molar-refractivity contribution in [2.45, 2.75) is 0 Å². The Morgan fingerprint density at radius 3 is 1.86 bits per heavy atom. The SMILES string of the molecule is c1cc[nH]c1.c1ccc2nonc2c1. The highest BCUT2D eigenvalue weighted by molar-refractivity contribution is 5.72. The Morgan fingerprint density at radius 2 is 1.43 bits per heavy atom. The van der Waals surface area contributed by atoms with Gasteiger partial charge in [-0.25, -0.2) is 4.63 Å². The number of H-pyrrole nitrogens is 1. The Bertz CT molecular complexity index is 425. The molecular formula is C10H9N3O. The molecule has 0 amide bonds. The average Bonchev–Trinajstić information content (AvgIpc) is 2.92. The first kappa shape index (κ1) is 8.50. The van der Waals surface area contributed by atoms with Crippen molar-refractivity contribution in [2.24, 2.45) is 0 Å². The summed E-state index contributed by atoms with van der Waals surface area (Å²) in [4.78, 5) is 2.86. The number of hydrogen-bond donors (Lipinski definition) is 1. The molecule has 0 bridgehead atoms. The van der Waals surface area contributed by atoms with Crippen LogP contribution in [0.25, 0.3) is 11.0 Å². The zero-order valence-corrected chi connectivity index (χ0v) is 7.42. The van der Waals surface area contributed by atoms with E-state index in [0.29, 0.717) is 0 Å². The largest absolute Gasteiger partial charge is 0.368 e. The molecule has 1 N–H and O–H groups in total. The fourth-order valence-electron chi connectivity index (χ4n) is 1.00. The van der Waals surface area contributed by atoms with E-state index in [2.05, 4.69) is 19.9 Å². The molecule has 0 saturated carbocycles. The first-order chi connectivity index (χ1) is 6.97. The van der Waals surface area contributed by atoms with Crippen LogP contribution in [-0.2, 0) is 0 Å². The first-order valence-corrected chi connectivity index (χ1v) is 4.22. The Kier molecular flexibility index (Phi) is 2.56. The van der Waals surface area contributed by atoms with Gasteiger partial charge < -0.3 is 4.98 Å². The molecule has 3 rings (SSSR count). The van der Waals surface area contributed by atoms with Crippen molar-refractivity contribution in [2.75, 3.05) is 0 Å². The first-order valence-electron chi connectivity index (χ1n) is 4.22. The van der Waals surface area contributed by atoms with Crippen LogP contribution < -0.4 is 0 Å². The van der Waals surface area contributed by atoms with Crippen molar-refractivity contribution >= 4 is 11.0 Å². The van der Waals surface area contributed by atoms with Gasteiger partial charge in [0, 0.05) is 12.4 Å². The molecule has 0 radical (unpaired) electrons. The maximum Gasteiger partial charge on any atom is 0.135 e. The molecule has 1 aromatic carbocycles. The Labute approximate surface area is 80.5 Å². The molecule has 4 heteroatoms. The maximum atomic E-state index is 4.46. The number of nitrogens with one attached hydrogen (secondary N) is 1. The molecule has 2 aromatic heterocycles. The lowest BCUT2D eigenvalue weighted by molar-refractivity contribution is 0.315. The van der Waals surface area contributed by atoms with E-state index in [-0.39, 0.29) is 0 Å². The van der Waals surface area contributed by atoms with E-state index in [4.69, 9.17) is 0 Å². The molecule has 0 unspecified atom stereocenters. The number of fused-ring (bicyclic) bond motifs is 1. The van der Waals surface area contributed by atoms with Crippen LogP contribution in [-0.4, -0.2) is 15.3 Å². The number of aromatic amines is 1. The van der Waals surface area contributed by atoms with Crippen molar-refractivity contribution in [3.05, 3.63) is 48.8 Å². The van der Waals surface area contributed by atoms with Gasteiger partial charge >= 0.3 is 0 Å². The second-order valence-electron chi connectivity index (χ2n) is 2.64. The van der Waals surface area contributed by atoms with Gasteiger partial charge in [0.15, 0.2) is 0 Å². The molecule has 0 aliphatic carbocycles. The normalized spacial score (nSPS) is 9.43. The molecule has 0 spiro atoms. The molecule has 3 aromatic rings.